The first-order valence-electron chi connectivity index (χ1n) is 6.24. The summed E-state index contributed by atoms with van der Waals surface area (Å²) >= 11 is 0. The second-order valence-electron chi connectivity index (χ2n) is 4.72. The van der Waals surface area contributed by atoms with Crippen molar-refractivity contribution in [1.82, 2.24) is 25.1 Å². The van der Waals surface area contributed by atoms with Crippen molar-refractivity contribution < 1.29 is 0 Å². The van der Waals surface area contributed by atoms with Crippen LogP contribution < -0.4 is 5.32 Å². The van der Waals surface area contributed by atoms with Gasteiger partial charge >= 0.3 is 0 Å². The fourth-order valence-electron chi connectivity index (χ4n) is 2.40. The van der Waals surface area contributed by atoms with E-state index in [4.69, 9.17) is 0 Å². The number of nitrogens with one attached hydrogen (secondary N) is 1. The highest BCUT2D eigenvalue weighted by atomic mass is 15.4. The van der Waals surface area contributed by atoms with Gasteiger partial charge in [0.25, 0.3) is 0 Å². The van der Waals surface area contributed by atoms with Gasteiger partial charge in [0.05, 0.1) is 12.2 Å². The topological polar surface area (TPSA) is 55.1 Å². The molecule has 2 heterocycles. The summed E-state index contributed by atoms with van der Waals surface area (Å²) in [5.41, 5.74) is 1.80. The van der Waals surface area contributed by atoms with Crippen molar-refractivity contribution in [3.63, 3.8) is 0 Å². The minimum atomic E-state index is 0.646. The average Bonchev–Trinajstić information content (AvgIpc) is 2.94. The van der Waals surface area contributed by atoms with Gasteiger partial charge in [-0.3, -0.25) is 0 Å². The molecular weight excluding hydrogens is 214 g/mol. The lowest BCUT2D eigenvalue weighted by molar-refractivity contribution is 0.508. The molecule has 0 spiro atoms. The van der Waals surface area contributed by atoms with Crippen LogP contribution in [0, 0.1) is 6.92 Å². The van der Waals surface area contributed by atoms with Crippen molar-refractivity contribution in [2.75, 3.05) is 0 Å². The van der Waals surface area contributed by atoms with Crippen LogP contribution in [-0.4, -0.2) is 25.9 Å². The van der Waals surface area contributed by atoms with Gasteiger partial charge in [0.1, 0.15) is 0 Å². The maximum Gasteiger partial charge on any atom is 0.177 e. The molecule has 1 N–H and O–H groups in total. The lowest BCUT2D eigenvalue weighted by Gasteiger charge is -2.09. The fraction of sp³-hybridized carbons (Fsp3) is 0.583. The van der Waals surface area contributed by atoms with Gasteiger partial charge in [0, 0.05) is 6.04 Å². The van der Waals surface area contributed by atoms with E-state index < -0.39 is 0 Å². The maximum absolute atomic E-state index is 4.43. The Labute approximate surface area is 100 Å². The highest BCUT2D eigenvalue weighted by molar-refractivity contribution is 5.35. The van der Waals surface area contributed by atoms with Gasteiger partial charge in [0.15, 0.2) is 11.5 Å². The van der Waals surface area contributed by atoms with Crippen molar-refractivity contribution in [2.24, 2.45) is 0 Å². The van der Waals surface area contributed by atoms with Gasteiger partial charge in [0.2, 0.25) is 0 Å². The molecule has 0 saturated heterocycles. The predicted octanol–water partition coefficient (Wildman–Crippen LogP) is 1.46. The van der Waals surface area contributed by atoms with Gasteiger partial charge in [-0.15, -0.1) is 10.2 Å². The Hall–Kier alpha value is -1.49. The van der Waals surface area contributed by atoms with Crippen LogP contribution in [0.25, 0.3) is 5.65 Å². The number of nitrogens with zero attached hydrogens (tertiary/aromatic N) is 4. The molecule has 2 aromatic heterocycles. The van der Waals surface area contributed by atoms with E-state index in [1.54, 1.807) is 0 Å². The first-order valence-corrected chi connectivity index (χ1v) is 6.24. The highest BCUT2D eigenvalue weighted by Crippen LogP contribution is 2.17. The van der Waals surface area contributed by atoms with Crippen molar-refractivity contribution in [3.8, 4) is 0 Å². The molecule has 0 aromatic carbocycles. The van der Waals surface area contributed by atoms with E-state index in [2.05, 4.69) is 20.6 Å². The maximum atomic E-state index is 4.43. The third-order valence-corrected chi connectivity index (χ3v) is 3.36. The second-order valence-corrected chi connectivity index (χ2v) is 4.72. The minimum Gasteiger partial charge on any atom is -0.307 e. The third-order valence-electron chi connectivity index (χ3n) is 3.36. The Kier molecular flexibility index (Phi) is 2.76. The van der Waals surface area contributed by atoms with Crippen LogP contribution in [-0.2, 0) is 6.54 Å². The van der Waals surface area contributed by atoms with Crippen LogP contribution in [0.3, 0.4) is 0 Å². The molecule has 3 rings (SSSR count). The van der Waals surface area contributed by atoms with Crippen LogP contribution in [0.15, 0.2) is 12.1 Å². The molecule has 1 aliphatic rings. The first kappa shape index (κ1) is 10.7. The van der Waals surface area contributed by atoms with E-state index in [9.17, 15) is 0 Å². The standard InChI is InChI=1S/C12H17N5/c1-9-6-7-11-14-15-12(17(11)16-9)8-13-10-4-2-3-5-10/h6-7,10,13H,2-5,8H2,1H3. The molecule has 0 radical (unpaired) electrons. The lowest BCUT2D eigenvalue weighted by Crippen LogP contribution is -2.26. The molecular formula is C12H17N5. The van der Waals surface area contributed by atoms with E-state index >= 15 is 0 Å². The Bertz CT molecular complexity index is 513. The van der Waals surface area contributed by atoms with Crippen LogP contribution in [0.5, 0.6) is 0 Å². The largest absolute Gasteiger partial charge is 0.307 e. The average molecular weight is 231 g/mol. The molecule has 1 fully saturated rings. The molecule has 1 saturated carbocycles. The third kappa shape index (κ3) is 2.15. The van der Waals surface area contributed by atoms with Crippen LogP contribution >= 0.6 is 0 Å². The second kappa shape index (κ2) is 4.41. The lowest BCUT2D eigenvalue weighted by atomic mass is 10.2. The fourth-order valence-corrected chi connectivity index (χ4v) is 2.40. The Morgan fingerprint density at radius 1 is 1.29 bits per heavy atom. The molecule has 0 aliphatic heterocycles. The molecule has 0 unspecified atom stereocenters. The molecule has 5 nitrogen and oxygen atoms in total. The van der Waals surface area contributed by atoms with Crippen molar-refractivity contribution in [2.45, 2.75) is 45.2 Å². The van der Waals surface area contributed by atoms with Crippen molar-refractivity contribution in [3.05, 3.63) is 23.7 Å². The zero-order valence-electron chi connectivity index (χ0n) is 10.1. The van der Waals surface area contributed by atoms with E-state index in [0.717, 1.165) is 23.7 Å². The zero-order chi connectivity index (χ0) is 11.7. The number of aryl methyl sites for hydroxylation is 1. The minimum absolute atomic E-state index is 0.646. The summed E-state index contributed by atoms with van der Waals surface area (Å²) in [6.07, 6.45) is 5.25. The number of rotatable bonds is 3. The summed E-state index contributed by atoms with van der Waals surface area (Å²) in [5.74, 6) is 0.899. The first-order chi connectivity index (χ1) is 8.33. The molecule has 2 aromatic rings. The van der Waals surface area contributed by atoms with Gasteiger partial charge in [-0.2, -0.15) is 9.61 Å². The van der Waals surface area contributed by atoms with Crippen molar-refractivity contribution >= 4 is 5.65 Å². The van der Waals surface area contributed by atoms with Gasteiger partial charge in [-0.1, -0.05) is 12.8 Å². The number of hydrogen-bond acceptors (Lipinski definition) is 4. The quantitative estimate of drug-likeness (QED) is 0.869. The molecule has 1 aliphatic carbocycles. The molecule has 90 valence electrons. The summed E-state index contributed by atoms with van der Waals surface area (Å²) < 4.78 is 1.83. The van der Waals surface area contributed by atoms with Gasteiger partial charge < -0.3 is 5.32 Å². The molecule has 17 heavy (non-hydrogen) atoms. The van der Waals surface area contributed by atoms with Gasteiger partial charge in [-0.05, 0) is 31.9 Å². The summed E-state index contributed by atoms with van der Waals surface area (Å²) in [6.45, 7) is 2.73. The normalized spacial score (nSPS) is 17.0. The predicted molar refractivity (Wildman–Crippen MR) is 64.6 cm³/mol. The summed E-state index contributed by atoms with van der Waals surface area (Å²) in [5, 5.41) is 16.3. The summed E-state index contributed by atoms with van der Waals surface area (Å²) in [6, 6.07) is 4.55. The SMILES string of the molecule is Cc1ccc2nnc(CNC3CCCC3)n2n1. The number of hydrogen-bond donors (Lipinski definition) is 1. The van der Waals surface area contributed by atoms with E-state index in [1.165, 1.54) is 25.7 Å². The van der Waals surface area contributed by atoms with Crippen LogP contribution in [0.1, 0.15) is 37.2 Å². The summed E-state index contributed by atoms with van der Waals surface area (Å²) in [4.78, 5) is 0. The van der Waals surface area contributed by atoms with Crippen LogP contribution in [0.2, 0.25) is 0 Å². The van der Waals surface area contributed by atoms with Gasteiger partial charge in [-0.25, -0.2) is 0 Å². The van der Waals surface area contributed by atoms with Crippen LogP contribution in [0.4, 0.5) is 0 Å². The van der Waals surface area contributed by atoms with E-state index in [1.807, 2.05) is 23.6 Å². The summed E-state index contributed by atoms with van der Waals surface area (Å²) in [7, 11) is 0. The molecule has 0 atom stereocenters. The molecule has 0 bridgehead atoms. The Morgan fingerprint density at radius 3 is 2.94 bits per heavy atom. The number of aromatic nitrogens is 4. The smallest absolute Gasteiger partial charge is 0.177 e. The van der Waals surface area contributed by atoms with Crippen molar-refractivity contribution in [1.29, 1.82) is 0 Å². The monoisotopic (exact) mass is 231 g/mol. The highest BCUT2D eigenvalue weighted by Gasteiger charge is 2.15. The molecule has 5 heteroatoms. The number of fused-ring (bicyclic) bond motifs is 1. The Balaban J connectivity index is 1.77. The zero-order valence-corrected chi connectivity index (χ0v) is 10.1. The van der Waals surface area contributed by atoms with E-state index in [0.29, 0.717) is 6.04 Å². The Morgan fingerprint density at radius 2 is 2.12 bits per heavy atom. The molecule has 0 amide bonds. The van der Waals surface area contributed by atoms with E-state index in [-0.39, 0.29) is 0 Å².